The van der Waals surface area contributed by atoms with Crippen LogP contribution in [0.2, 0.25) is 0 Å². The van der Waals surface area contributed by atoms with Gasteiger partial charge in [-0.2, -0.15) is 0 Å². The molecule has 1 aromatic carbocycles. The van der Waals surface area contributed by atoms with Crippen molar-refractivity contribution in [3.8, 4) is 0 Å². The van der Waals surface area contributed by atoms with Crippen molar-refractivity contribution in [3.63, 3.8) is 0 Å². The van der Waals surface area contributed by atoms with Gasteiger partial charge in [0.1, 0.15) is 0 Å². The predicted molar refractivity (Wildman–Crippen MR) is 71.9 cm³/mol. The van der Waals surface area contributed by atoms with Crippen LogP contribution < -0.4 is 0 Å². The number of carboxylic acids is 1. The zero-order valence-electron chi connectivity index (χ0n) is 11.3. The zero-order chi connectivity index (χ0) is 14.4. The maximum Gasteiger partial charge on any atom is 0.325 e. The van der Waals surface area contributed by atoms with Gasteiger partial charge in [0.15, 0.2) is 14.6 Å². The summed E-state index contributed by atoms with van der Waals surface area (Å²) in [5.74, 6) is -1.51. The fraction of sp³-hybridized carbons (Fsp3) is 0.500. The number of carbonyl (C=O) groups is 1. The quantitative estimate of drug-likeness (QED) is 0.920. The van der Waals surface area contributed by atoms with Crippen molar-refractivity contribution in [2.24, 2.45) is 5.92 Å². The molecule has 0 radical (unpaired) electrons. The highest BCUT2D eigenvalue weighted by molar-refractivity contribution is 7.94. The predicted octanol–water partition coefficient (Wildman–Crippen LogP) is 2.33. The summed E-state index contributed by atoms with van der Waals surface area (Å²) in [4.78, 5) is 11.6. The van der Waals surface area contributed by atoms with Crippen LogP contribution in [0.5, 0.6) is 0 Å². The zero-order valence-corrected chi connectivity index (χ0v) is 12.1. The van der Waals surface area contributed by atoms with E-state index in [0.717, 1.165) is 11.1 Å². The summed E-state index contributed by atoms with van der Waals surface area (Å²) in [6, 6.07) is 4.80. The van der Waals surface area contributed by atoms with Crippen molar-refractivity contribution in [2.75, 3.05) is 0 Å². The Labute approximate surface area is 113 Å². The molecule has 0 bridgehead atoms. The van der Waals surface area contributed by atoms with Crippen molar-refractivity contribution < 1.29 is 18.3 Å². The molecule has 0 aliphatic heterocycles. The summed E-state index contributed by atoms with van der Waals surface area (Å²) in [6.45, 7) is 5.54. The molecule has 1 fully saturated rings. The molecule has 1 N–H and O–H groups in total. The number of rotatable bonds is 4. The van der Waals surface area contributed by atoms with Crippen LogP contribution in [0.25, 0.3) is 0 Å². The molecule has 1 aliphatic carbocycles. The molecule has 0 aromatic heterocycles. The molecule has 104 valence electrons. The van der Waals surface area contributed by atoms with Gasteiger partial charge in [0, 0.05) is 0 Å². The molecule has 4 nitrogen and oxygen atoms in total. The molecule has 0 heterocycles. The fourth-order valence-corrected chi connectivity index (χ4v) is 4.83. The first-order valence-corrected chi connectivity index (χ1v) is 7.81. The van der Waals surface area contributed by atoms with Crippen molar-refractivity contribution in [2.45, 2.75) is 43.3 Å². The number of aryl methyl sites for hydroxylation is 2. The third-order valence-corrected chi connectivity index (χ3v) is 6.68. The van der Waals surface area contributed by atoms with Crippen LogP contribution in [-0.2, 0) is 14.6 Å². The van der Waals surface area contributed by atoms with Gasteiger partial charge in [-0.15, -0.1) is 0 Å². The Hall–Kier alpha value is -1.36. The molecule has 2 unspecified atom stereocenters. The van der Waals surface area contributed by atoms with Crippen LogP contribution in [0.3, 0.4) is 0 Å². The van der Waals surface area contributed by atoms with E-state index < -0.39 is 20.6 Å². The summed E-state index contributed by atoms with van der Waals surface area (Å²) in [5.41, 5.74) is 1.85. The summed E-state index contributed by atoms with van der Waals surface area (Å²) in [5, 5.41) is 9.35. The first kappa shape index (κ1) is 14.1. The number of hydrogen-bond acceptors (Lipinski definition) is 3. The Balaban J connectivity index is 2.54. The van der Waals surface area contributed by atoms with Crippen LogP contribution in [0.15, 0.2) is 23.1 Å². The number of sulfone groups is 1. The van der Waals surface area contributed by atoms with Gasteiger partial charge < -0.3 is 5.11 Å². The van der Waals surface area contributed by atoms with Crippen molar-refractivity contribution in [3.05, 3.63) is 29.3 Å². The van der Waals surface area contributed by atoms with E-state index in [9.17, 15) is 18.3 Å². The molecular formula is C14H18O4S. The van der Waals surface area contributed by atoms with Crippen molar-refractivity contribution in [1.82, 2.24) is 0 Å². The average molecular weight is 282 g/mol. The van der Waals surface area contributed by atoms with Gasteiger partial charge in [-0.3, -0.25) is 4.79 Å². The normalized spacial score (nSPS) is 26.2. The molecule has 0 amide bonds. The first-order valence-electron chi connectivity index (χ1n) is 6.32. The maximum absolute atomic E-state index is 12.6. The van der Waals surface area contributed by atoms with Gasteiger partial charge >= 0.3 is 5.97 Å². The van der Waals surface area contributed by atoms with Gasteiger partial charge in [0.05, 0.1) is 4.90 Å². The molecule has 0 saturated heterocycles. The second-order valence-corrected chi connectivity index (χ2v) is 7.46. The van der Waals surface area contributed by atoms with Crippen LogP contribution in [0, 0.1) is 19.8 Å². The van der Waals surface area contributed by atoms with Gasteiger partial charge in [-0.05, 0) is 49.4 Å². The van der Waals surface area contributed by atoms with Crippen LogP contribution >= 0.6 is 0 Å². The minimum Gasteiger partial charge on any atom is -0.480 e. The molecule has 1 saturated carbocycles. The molecule has 5 heteroatoms. The number of aliphatic carboxylic acids is 1. The Kier molecular flexibility index (Phi) is 3.21. The fourth-order valence-electron chi connectivity index (χ4n) is 2.58. The van der Waals surface area contributed by atoms with Crippen LogP contribution in [0.4, 0.5) is 0 Å². The SMILES string of the molecule is CCC1CC1(C(=O)O)S(=O)(=O)c1ccc(C)c(C)c1. The largest absolute Gasteiger partial charge is 0.480 e. The summed E-state index contributed by atoms with van der Waals surface area (Å²) in [7, 11) is -3.83. The minimum absolute atomic E-state index is 0.119. The van der Waals surface area contributed by atoms with Crippen molar-refractivity contribution >= 4 is 15.8 Å². The lowest BCUT2D eigenvalue weighted by Gasteiger charge is -2.14. The topological polar surface area (TPSA) is 71.4 Å². The lowest BCUT2D eigenvalue weighted by Crippen LogP contribution is -2.35. The lowest BCUT2D eigenvalue weighted by molar-refractivity contribution is -0.137. The van der Waals surface area contributed by atoms with Gasteiger partial charge in [0.2, 0.25) is 0 Å². The second kappa shape index (κ2) is 4.34. The number of carboxylic acid groups (broad SMARTS) is 1. The van der Waals surface area contributed by atoms with E-state index in [1.54, 1.807) is 12.1 Å². The monoisotopic (exact) mass is 282 g/mol. The van der Waals surface area contributed by atoms with Crippen LogP contribution in [-0.4, -0.2) is 24.2 Å². The Morgan fingerprint density at radius 1 is 1.37 bits per heavy atom. The molecule has 2 atom stereocenters. The van der Waals surface area contributed by atoms with E-state index in [-0.39, 0.29) is 17.2 Å². The van der Waals surface area contributed by atoms with E-state index >= 15 is 0 Å². The van der Waals surface area contributed by atoms with E-state index in [4.69, 9.17) is 0 Å². The Morgan fingerprint density at radius 2 is 2.00 bits per heavy atom. The minimum atomic E-state index is -3.83. The molecule has 0 spiro atoms. The summed E-state index contributed by atoms with van der Waals surface area (Å²) < 4.78 is 23.6. The standard InChI is InChI=1S/C14H18O4S/c1-4-11-8-14(11,13(15)16)19(17,18)12-6-5-9(2)10(3)7-12/h5-7,11H,4,8H2,1-3H3,(H,15,16). The van der Waals surface area contributed by atoms with E-state index in [1.807, 2.05) is 20.8 Å². The Bertz CT molecular complexity index is 633. The van der Waals surface area contributed by atoms with E-state index in [2.05, 4.69) is 0 Å². The summed E-state index contributed by atoms with van der Waals surface area (Å²) in [6.07, 6.45) is 0.782. The molecule has 2 rings (SSSR count). The first-order chi connectivity index (χ1) is 8.77. The van der Waals surface area contributed by atoms with Gasteiger partial charge in [0.25, 0.3) is 0 Å². The summed E-state index contributed by atoms with van der Waals surface area (Å²) >= 11 is 0. The highest BCUT2D eigenvalue weighted by atomic mass is 32.2. The molecular weight excluding hydrogens is 264 g/mol. The highest BCUT2D eigenvalue weighted by Gasteiger charge is 2.69. The second-order valence-electron chi connectivity index (χ2n) is 5.25. The third kappa shape index (κ3) is 1.87. The maximum atomic E-state index is 12.6. The molecule has 1 aliphatic rings. The molecule has 19 heavy (non-hydrogen) atoms. The number of hydrogen-bond donors (Lipinski definition) is 1. The lowest BCUT2D eigenvalue weighted by atomic mass is 10.1. The van der Waals surface area contributed by atoms with Gasteiger partial charge in [-0.25, -0.2) is 8.42 Å². The van der Waals surface area contributed by atoms with E-state index in [0.29, 0.717) is 6.42 Å². The Morgan fingerprint density at radius 3 is 2.42 bits per heavy atom. The van der Waals surface area contributed by atoms with Crippen molar-refractivity contribution in [1.29, 1.82) is 0 Å². The number of benzene rings is 1. The van der Waals surface area contributed by atoms with Gasteiger partial charge in [-0.1, -0.05) is 19.4 Å². The third-order valence-electron chi connectivity index (χ3n) is 4.17. The highest BCUT2D eigenvalue weighted by Crippen LogP contribution is 2.54. The van der Waals surface area contributed by atoms with Crippen LogP contribution in [0.1, 0.15) is 30.9 Å². The smallest absolute Gasteiger partial charge is 0.325 e. The average Bonchev–Trinajstić information content (AvgIpc) is 3.08. The van der Waals surface area contributed by atoms with E-state index in [1.165, 1.54) is 6.07 Å². The molecule has 1 aromatic rings.